The molecule has 0 radical (unpaired) electrons. The van der Waals surface area contributed by atoms with Crippen LogP contribution in [0, 0.1) is 0 Å². The molecular formula is C20H26N4O3. The van der Waals surface area contributed by atoms with E-state index >= 15 is 0 Å². The second-order valence-corrected chi connectivity index (χ2v) is 7.10. The summed E-state index contributed by atoms with van der Waals surface area (Å²) in [6.45, 7) is 3.18. The van der Waals surface area contributed by atoms with Gasteiger partial charge in [0.25, 0.3) is 0 Å². The van der Waals surface area contributed by atoms with Crippen LogP contribution in [0.1, 0.15) is 55.1 Å². The van der Waals surface area contributed by atoms with Crippen molar-refractivity contribution in [2.45, 2.75) is 44.7 Å². The maximum absolute atomic E-state index is 12.7. The van der Waals surface area contributed by atoms with Gasteiger partial charge in [0.2, 0.25) is 0 Å². The molecule has 7 heteroatoms. The van der Waals surface area contributed by atoms with Gasteiger partial charge in [0.15, 0.2) is 11.5 Å². The molecule has 2 atom stereocenters. The van der Waals surface area contributed by atoms with Crippen LogP contribution in [0.5, 0.6) is 11.5 Å². The molecule has 1 aromatic carbocycles. The number of aryl methyl sites for hydroxylation is 1. The molecule has 0 saturated heterocycles. The first-order chi connectivity index (χ1) is 13.2. The number of aromatic nitrogens is 2. The van der Waals surface area contributed by atoms with E-state index in [-0.39, 0.29) is 18.1 Å². The maximum atomic E-state index is 12.7. The SMILES string of the molecule is CCC(NC(=O)NC1CCCc2c1cnn2C)c1ccc2c(c1)OCCO2. The molecule has 1 aliphatic heterocycles. The van der Waals surface area contributed by atoms with Crippen LogP contribution < -0.4 is 20.1 Å². The van der Waals surface area contributed by atoms with Crippen molar-refractivity contribution in [1.82, 2.24) is 20.4 Å². The Morgan fingerprint density at radius 1 is 1.33 bits per heavy atom. The molecule has 27 heavy (non-hydrogen) atoms. The first-order valence-electron chi connectivity index (χ1n) is 9.63. The van der Waals surface area contributed by atoms with Crippen molar-refractivity contribution in [3.63, 3.8) is 0 Å². The van der Waals surface area contributed by atoms with E-state index in [1.54, 1.807) is 0 Å². The van der Waals surface area contributed by atoms with Crippen molar-refractivity contribution in [2.24, 2.45) is 7.05 Å². The Morgan fingerprint density at radius 3 is 2.96 bits per heavy atom. The van der Waals surface area contributed by atoms with Gasteiger partial charge in [-0.25, -0.2) is 4.79 Å². The third-order valence-corrected chi connectivity index (χ3v) is 5.36. The van der Waals surface area contributed by atoms with E-state index < -0.39 is 0 Å². The first kappa shape index (κ1) is 17.7. The molecule has 0 fully saturated rings. The smallest absolute Gasteiger partial charge is 0.315 e. The lowest BCUT2D eigenvalue weighted by atomic mass is 9.93. The van der Waals surface area contributed by atoms with E-state index in [0.29, 0.717) is 13.2 Å². The topological polar surface area (TPSA) is 77.4 Å². The van der Waals surface area contributed by atoms with Gasteiger partial charge in [0.1, 0.15) is 13.2 Å². The summed E-state index contributed by atoms with van der Waals surface area (Å²) < 4.78 is 13.1. The van der Waals surface area contributed by atoms with Gasteiger partial charge in [0, 0.05) is 18.3 Å². The predicted molar refractivity (Wildman–Crippen MR) is 101 cm³/mol. The van der Waals surface area contributed by atoms with Gasteiger partial charge in [-0.3, -0.25) is 4.68 Å². The lowest BCUT2D eigenvalue weighted by Gasteiger charge is -2.26. The van der Waals surface area contributed by atoms with E-state index in [9.17, 15) is 4.79 Å². The van der Waals surface area contributed by atoms with Crippen LogP contribution in [-0.4, -0.2) is 29.0 Å². The normalized spacial score (nSPS) is 19.1. The van der Waals surface area contributed by atoms with E-state index in [2.05, 4.69) is 22.7 Å². The molecule has 0 bridgehead atoms. The van der Waals surface area contributed by atoms with Gasteiger partial charge in [-0.05, 0) is 43.4 Å². The van der Waals surface area contributed by atoms with Crippen molar-refractivity contribution < 1.29 is 14.3 Å². The first-order valence-corrected chi connectivity index (χ1v) is 9.63. The van der Waals surface area contributed by atoms with Crippen molar-refractivity contribution in [3.05, 3.63) is 41.2 Å². The summed E-state index contributed by atoms with van der Waals surface area (Å²) in [5.41, 5.74) is 3.36. The zero-order chi connectivity index (χ0) is 18.8. The Bertz CT molecular complexity index is 833. The molecule has 2 amide bonds. The number of ether oxygens (including phenoxy) is 2. The highest BCUT2D eigenvalue weighted by molar-refractivity contribution is 5.75. The summed E-state index contributed by atoms with van der Waals surface area (Å²) in [5.74, 6) is 1.50. The van der Waals surface area contributed by atoms with Crippen molar-refractivity contribution in [1.29, 1.82) is 0 Å². The minimum Gasteiger partial charge on any atom is -0.486 e. The number of hydrogen-bond donors (Lipinski definition) is 2. The molecule has 4 rings (SSSR count). The number of carbonyl (C=O) groups excluding carboxylic acids is 1. The number of benzene rings is 1. The fourth-order valence-corrected chi connectivity index (χ4v) is 3.91. The van der Waals surface area contributed by atoms with E-state index in [1.165, 1.54) is 5.69 Å². The summed E-state index contributed by atoms with van der Waals surface area (Å²) >= 11 is 0. The molecule has 2 aliphatic rings. The number of rotatable bonds is 4. The summed E-state index contributed by atoms with van der Waals surface area (Å²) in [6, 6.07) is 5.64. The molecule has 2 unspecified atom stereocenters. The third-order valence-electron chi connectivity index (χ3n) is 5.36. The lowest BCUT2D eigenvalue weighted by molar-refractivity contribution is 0.171. The maximum Gasteiger partial charge on any atom is 0.315 e. The molecule has 2 heterocycles. The quantitative estimate of drug-likeness (QED) is 0.867. The minimum atomic E-state index is -0.154. The fraction of sp³-hybridized carbons (Fsp3) is 0.500. The Kier molecular flexibility index (Phi) is 4.92. The number of nitrogens with zero attached hydrogens (tertiary/aromatic N) is 2. The summed E-state index contributed by atoms with van der Waals surface area (Å²) in [7, 11) is 1.95. The highest BCUT2D eigenvalue weighted by atomic mass is 16.6. The molecular weight excluding hydrogens is 344 g/mol. The van der Waals surface area contributed by atoms with E-state index in [1.807, 2.05) is 36.1 Å². The van der Waals surface area contributed by atoms with Crippen LogP contribution in [-0.2, 0) is 13.5 Å². The van der Waals surface area contributed by atoms with Crippen molar-refractivity contribution in [3.8, 4) is 11.5 Å². The molecule has 144 valence electrons. The molecule has 7 nitrogen and oxygen atoms in total. The van der Waals surface area contributed by atoms with E-state index in [4.69, 9.17) is 9.47 Å². The molecule has 2 aromatic rings. The van der Waals surface area contributed by atoms with Crippen LogP contribution in [0.3, 0.4) is 0 Å². The molecule has 1 aliphatic carbocycles. The average Bonchev–Trinajstić information content (AvgIpc) is 3.08. The van der Waals surface area contributed by atoms with Gasteiger partial charge in [-0.2, -0.15) is 5.10 Å². The monoisotopic (exact) mass is 370 g/mol. The zero-order valence-corrected chi connectivity index (χ0v) is 15.8. The number of carbonyl (C=O) groups is 1. The van der Waals surface area contributed by atoms with Crippen molar-refractivity contribution in [2.75, 3.05) is 13.2 Å². The molecule has 0 saturated carbocycles. The van der Waals surface area contributed by atoms with Crippen LogP contribution >= 0.6 is 0 Å². The molecule has 0 spiro atoms. The highest BCUT2D eigenvalue weighted by Gasteiger charge is 2.25. The molecule has 1 aromatic heterocycles. The number of urea groups is 1. The Labute approximate surface area is 159 Å². The van der Waals surface area contributed by atoms with Gasteiger partial charge in [-0.1, -0.05) is 13.0 Å². The summed E-state index contributed by atoms with van der Waals surface area (Å²) in [6.07, 6.45) is 5.66. The average molecular weight is 370 g/mol. The van der Waals surface area contributed by atoms with Gasteiger partial charge in [0.05, 0.1) is 18.3 Å². The standard InChI is InChI=1S/C20H26N4O3/c1-3-15(13-7-8-18-19(11-13)27-10-9-26-18)22-20(25)23-16-5-4-6-17-14(16)12-21-24(17)2/h7-8,11-12,15-16H,3-6,9-10H2,1-2H3,(H2,22,23,25). The second-order valence-electron chi connectivity index (χ2n) is 7.10. The van der Waals surface area contributed by atoms with Gasteiger partial charge >= 0.3 is 6.03 Å². The van der Waals surface area contributed by atoms with Crippen LogP contribution in [0.2, 0.25) is 0 Å². The lowest BCUT2D eigenvalue weighted by Crippen LogP contribution is -2.40. The summed E-state index contributed by atoms with van der Waals surface area (Å²) in [4.78, 5) is 12.7. The minimum absolute atomic E-state index is 0.0141. The number of hydrogen-bond acceptors (Lipinski definition) is 4. The van der Waals surface area contributed by atoms with Crippen LogP contribution in [0.25, 0.3) is 0 Å². The van der Waals surface area contributed by atoms with E-state index in [0.717, 1.165) is 48.3 Å². The predicted octanol–water partition coefficient (Wildman–Crippen LogP) is 3.02. The van der Waals surface area contributed by atoms with Gasteiger partial charge in [-0.15, -0.1) is 0 Å². The number of nitrogens with one attached hydrogen (secondary N) is 2. The second kappa shape index (κ2) is 7.50. The molecule has 2 N–H and O–H groups in total. The third kappa shape index (κ3) is 3.59. The Balaban J connectivity index is 1.44. The Hall–Kier alpha value is -2.70. The van der Waals surface area contributed by atoms with Gasteiger partial charge < -0.3 is 20.1 Å². The Morgan fingerprint density at radius 2 is 2.15 bits per heavy atom. The van der Waals surface area contributed by atoms with Crippen molar-refractivity contribution >= 4 is 6.03 Å². The van der Waals surface area contributed by atoms with Crippen LogP contribution in [0.4, 0.5) is 4.79 Å². The van der Waals surface area contributed by atoms with Crippen LogP contribution in [0.15, 0.2) is 24.4 Å². The number of amides is 2. The highest BCUT2D eigenvalue weighted by Crippen LogP contribution is 2.33. The summed E-state index contributed by atoms with van der Waals surface area (Å²) in [5, 5.41) is 10.6. The largest absolute Gasteiger partial charge is 0.486 e. The zero-order valence-electron chi connectivity index (χ0n) is 15.8. The fourth-order valence-electron chi connectivity index (χ4n) is 3.91. The number of fused-ring (bicyclic) bond motifs is 2.